The fourth-order valence-corrected chi connectivity index (χ4v) is 1.25. The van der Waals surface area contributed by atoms with Crippen molar-refractivity contribution >= 4 is 0 Å². The molecule has 0 aromatic rings. The van der Waals surface area contributed by atoms with Crippen molar-refractivity contribution in [1.29, 1.82) is 0 Å². The second kappa shape index (κ2) is 9.01. The van der Waals surface area contributed by atoms with Crippen LogP contribution < -0.4 is 5.32 Å². The summed E-state index contributed by atoms with van der Waals surface area (Å²) in [5, 5.41) is 3.34. The Hall–Kier alpha value is -0.0800. The first-order valence-corrected chi connectivity index (χ1v) is 5.00. The molecule has 0 saturated carbocycles. The summed E-state index contributed by atoms with van der Waals surface area (Å²) in [6.45, 7) is 7.61. The predicted molar refractivity (Wildman–Crippen MR) is 53.4 cm³/mol. The van der Waals surface area contributed by atoms with E-state index in [-0.39, 0.29) is 0 Å². The summed E-state index contributed by atoms with van der Waals surface area (Å²) in [6, 6.07) is 0. The highest BCUT2D eigenvalue weighted by molar-refractivity contribution is 4.55. The van der Waals surface area contributed by atoms with Crippen LogP contribution in [0.1, 0.15) is 33.1 Å². The van der Waals surface area contributed by atoms with Gasteiger partial charge < -0.3 is 10.1 Å². The van der Waals surface area contributed by atoms with Gasteiger partial charge in [-0.05, 0) is 38.3 Å². The number of nitrogens with one attached hydrogen (secondary N) is 1. The molecule has 0 aliphatic rings. The summed E-state index contributed by atoms with van der Waals surface area (Å²) < 4.78 is 5.00. The molecule has 0 bridgehead atoms. The molecule has 0 aliphatic heterocycles. The molecule has 0 rings (SSSR count). The van der Waals surface area contributed by atoms with Crippen molar-refractivity contribution in [2.75, 3.05) is 26.8 Å². The number of rotatable bonds is 8. The molecule has 74 valence electrons. The molecule has 12 heavy (non-hydrogen) atoms. The maximum absolute atomic E-state index is 5.00. The van der Waals surface area contributed by atoms with Gasteiger partial charge in [-0.1, -0.05) is 13.8 Å². The first-order valence-electron chi connectivity index (χ1n) is 5.00. The van der Waals surface area contributed by atoms with Crippen LogP contribution in [0.3, 0.4) is 0 Å². The van der Waals surface area contributed by atoms with Gasteiger partial charge in [-0.15, -0.1) is 0 Å². The Labute approximate surface area is 76.7 Å². The Bertz CT molecular complexity index is 75.9. The Kier molecular flexibility index (Phi) is 8.95. The highest BCUT2D eigenvalue weighted by Gasteiger charge is 2.00. The molecular weight excluding hydrogens is 150 g/mol. The molecule has 0 aromatic carbocycles. The second-order valence-corrected chi connectivity index (χ2v) is 3.38. The molecule has 0 spiro atoms. The van der Waals surface area contributed by atoms with Crippen molar-refractivity contribution in [2.45, 2.75) is 33.1 Å². The normalized spacial score (nSPS) is 13.2. The lowest BCUT2D eigenvalue weighted by Gasteiger charge is -2.10. The molecule has 2 heteroatoms. The van der Waals surface area contributed by atoms with Gasteiger partial charge in [0.25, 0.3) is 0 Å². The number of hydrogen-bond acceptors (Lipinski definition) is 2. The topological polar surface area (TPSA) is 21.3 Å². The Morgan fingerprint density at radius 2 is 2.08 bits per heavy atom. The van der Waals surface area contributed by atoms with Crippen LogP contribution >= 0.6 is 0 Å². The largest absolute Gasteiger partial charge is 0.385 e. The first-order chi connectivity index (χ1) is 5.81. The molecule has 1 unspecified atom stereocenters. The van der Waals surface area contributed by atoms with Gasteiger partial charge in [-0.2, -0.15) is 0 Å². The van der Waals surface area contributed by atoms with Gasteiger partial charge in [0.2, 0.25) is 0 Å². The van der Waals surface area contributed by atoms with Gasteiger partial charge in [0.1, 0.15) is 0 Å². The maximum atomic E-state index is 5.00. The van der Waals surface area contributed by atoms with E-state index >= 15 is 0 Å². The monoisotopic (exact) mass is 173 g/mol. The molecule has 0 aliphatic carbocycles. The summed E-state index contributed by atoms with van der Waals surface area (Å²) >= 11 is 0. The molecule has 1 atom stereocenters. The zero-order chi connectivity index (χ0) is 9.23. The van der Waals surface area contributed by atoms with E-state index in [1.807, 2.05) is 0 Å². The summed E-state index contributed by atoms with van der Waals surface area (Å²) in [5.41, 5.74) is 0. The van der Waals surface area contributed by atoms with Crippen molar-refractivity contribution in [2.24, 2.45) is 5.92 Å². The highest BCUT2D eigenvalue weighted by atomic mass is 16.5. The van der Waals surface area contributed by atoms with Gasteiger partial charge in [0.15, 0.2) is 0 Å². The minimum absolute atomic E-state index is 0.833. The molecule has 0 aromatic heterocycles. The zero-order valence-corrected chi connectivity index (χ0v) is 8.73. The van der Waals surface area contributed by atoms with Crippen LogP contribution in [0.15, 0.2) is 0 Å². The zero-order valence-electron chi connectivity index (χ0n) is 8.73. The van der Waals surface area contributed by atoms with Crippen LogP contribution in [-0.4, -0.2) is 26.8 Å². The summed E-state index contributed by atoms with van der Waals surface area (Å²) in [5.74, 6) is 0.833. The van der Waals surface area contributed by atoms with Crippen molar-refractivity contribution < 1.29 is 4.74 Å². The van der Waals surface area contributed by atoms with Crippen molar-refractivity contribution in [3.8, 4) is 0 Å². The van der Waals surface area contributed by atoms with Crippen LogP contribution in [-0.2, 0) is 4.74 Å². The molecule has 0 heterocycles. The summed E-state index contributed by atoms with van der Waals surface area (Å²) in [7, 11) is 1.77. The van der Waals surface area contributed by atoms with E-state index in [9.17, 15) is 0 Å². The predicted octanol–water partition coefficient (Wildman–Crippen LogP) is 2.05. The molecule has 2 nitrogen and oxygen atoms in total. The van der Waals surface area contributed by atoms with E-state index in [0.717, 1.165) is 25.6 Å². The van der Waals surface area contributed by atoms with Crippen molar-refractivity contribution in [1.82, 2.24) is 5.32 Å². The van der Waals surface area contributed by atoms with Gasteiger partial charge in [0.05, 0.1) is 0 Å². The maximum Gasteiger partial charge on any atom is 0.0462 e. The van der Waals surface area contributed by atoms with E-state index in [1.54, 1.807) is 7.11 Å². The van der Waals surface area contributed by atoms with E-state index in [2.05, 4.69) is 19.2 Å². The summed E-state index contributed by atoms with van der Waals surface area (Å²) in [6.07, 6.45) is 3.78. The third kappa shape index (κ3) is 8.02. The van der Waals surface area contributed by atoms with E-state index in [0.29, 0.717) is 0 Å². The van der Waals surface area contributed by atoms with Gasteiger partial charge in [0, 0.05) is 13.7 Å². The van der Waals surface area contributed by atoms with Crippen LogP contribution in [0.5, 0.6) is 0 Å². The van der Waals surface area contributed by atoms with E-state index in [4.69, 9.17) is 4.74 Å². The minimum atomic E-state index is 0.833. The smallest absolute Gasteiger partial charge is 0.0462 e. The van der Waals surface area contributed by atoms with Crippen molar-refractivity contribution in [3.05, 3.63) is 0 Å². The van der Waals surface area contributed by atoms with Crippen LogP contribution in [0.2, 0.25) is 0 Å². The molecular formula is C10H23NO. The first kappa shape index (κ1) is 11.9. The molecule has 0 radical (unpaired) electrons. The Morgan fingerprint density at radius 1 is 1.33 bits per heavy atom. The Balaban J connectivity index is 3.04. The Morgan fingerprint density at radius 3 is 2.67 bits per heavy atom. The molecule has 1 N–H and O–H groups in total. The van der Waals surface area contributed by atoms with Gasteiger partial charge in [-0.25, -0.2) is 0 Å². The van der Waals surface area contributed by atoms with Crippen LogP contribution in [0.25, 0.3) is 0 Å². The minimum Gasteiger partial charge on any atom is -0.385 e. The lowest BCUT2D eigenvalue weighted by Crippen LogP contribution is -2.16. The second-order valence-electron chi connectivity index (χ2n) is 3.38. The third-order valence-corrected chi connectivity index (χ3v) is 2.11. The van der Waals surface area contributed by atoms with Gasteiger partial charge in [-0.3, -0.25) is 0 Å². The number of hydrogen-bond donors (Lipinski definition) is 1. The van der Waals surface area contributed by atoms with E-state index < -0.39 is 0 Å². The fourth-order valence-electron chi connectivity index (χ4n) is 1.25. The number of ether oxygens (including phenoxy) is 1. The summed E-state index contributed by atoms with van der Waals surface area (Å²) in [4.78, 5) is 0. The average molecular weight is 173 g/mol. The lowest BCUT2D eigenvalue weighted by atomic mass is 10.0. The highest BCUT2D eigenvalue weighted by Crippen LogP contribution is 2.08. The fraction of sp³-hybridized carbons (Fsp3) is 1.00. The quantitative estimate of drug-likeness (QED) is 0.567. The van der Waals surface area contributed by atoms with Crippen LogP contribution in [0, 0.1) is 5.92 Å². The lowest BCUT2D eigenvalue weighted by molar-refractivity contribution is 0.187. The SMILES string of the molecule is CCNCCC(C)CCCOC. The average Bonchev–Trinajstić information content (AvgIpc) is 2.06. The van der Waals surface area contributed by atoms with E-state index in [1.165, 1.54) is 19.3 Å². The number of methoxy groups -OCH3 is 1. The van der Waals surface area contributed by atoms with Crippen LogP contribution in [0.4, 0.5) is 0 Å². The third-order valence-electron chi connectivity index (χ3n) is 2.11. The molecule has 0 saturated heterocycles. The van der Waals surface area contributed by atoms with Crippen molar-refractivity contribution in [3.63, 3.8) is 0 Å². The molecule has 0 amide bonds. The molecule has 0 fully saturated rings. The standard InChI is InChI=1S/C10H23NO/c1-4-11-8-7-10(2)6-5-9-12-3/h10-11H,4-9H2,1-3H3. The van der Waals surface area contributed by atoms with Gasteiger partial charge >= 0.3 is 0 Å².